The van der Waals surface area contributed by atoms with Gasteiger partial charge in [-0.15, -0.1) is 0 Å². The standard InChI is InChI=1S/C13H9F3N2O/c14-13(15,16)9-5-8(6-18-7-9)10-3-1-2-4-11(10)12(17)19/h1-7H,(H2,17,19). The maximum atomic E-state index is 12.6. The summed E-state index contributed by atoms with van der Waals surface area (Å²) >= 11 is 0. The summed E-state index contributed by atoms with van der Waals surface area (Å²) in [7, 11) is 0. The van der Waals surface area contributed by atoms with Crippen LogP contribution in [0.4, 0.5) is 13.2 Å². The minimum absolute atomic E-state index is 0.156. The highest BCUT2D eigenvalue weighted by atomic mass is 19.4. The van der Waals surface area contributed by atoms with Gasteiger partial charge in [0.15, 0.2) is 0 Å². The van der Waals surface area contributed by atoms with Crippen LogP contribution in [0.5, 0.6) is 0 Å². The van der Waals surface area contributed by atoms with Gasteiger partial charge in [-0.3, -0.25) is 9.78 Å². The van der Waals surface area contributed by atoms with E-state index in [0.717, 1.165) is 12.3 Å². The van der Waals surface area contributed by atoms with Gasteiger partial charge in [0.1, 0.15) is 0 Å². The van der Waals surface area contributed by atoms with Crippen LogP contribution in [0.1, 0.15) is 15.9 Å². The summed E-state index contributed by atoms with van der Waals surface area (Å²) in [5.41, 5.74) is 5.01. The minimum atomic E-state index is -4.48. The van der Waals surface area contributed by atoms with Crippen molar-refractivity contribution in [1.82, 2.24) is 4.98 Å². The third-order valence-corrected chi connectivity index (χ3v) is 2.57. The molecule has 6 heteroatoms. The first-order chi connectivity index (χ1) is 8.89. The Kier molecular flexibility index (Phi) is 3.25. The number of hydrogen-bond acceptors (Lipinski definition) is 2. The number of carbonyl (C=O) groups excluding carboxylic acids is 1. The zero-order valence-corrected chi connectivity index (χ0v) is 9.61. The Morgan fingerprint density at radius 2 is 1.84 bits per heavy atom. The zero-order chi connectivity index (χ0) is 14.0. The Hall–Kier alpha value is -2.37. The second-order valence-corrected chi connectivity index (χ2v) is 3.87. The summed E-state index contributed by atoms with van der Waals surface area (Å²) in [6.07, 6.45) is -2.49. The van der Waals surface area contributed by atoms with Crippen molar-refractivity contribution in [2.75, 3.05) is 0 Å². The predicted molar refractivity (Wildman–Crippen MR) is 63.2 cm³/mol. The molecule has 2 rings (SSSR count). The minimum Gasteiger partial charge on any atom is -0.366 e. The number of aromatic nitrogens is 1. The van der Waals surface area contributed by atoms with Crippen molar-refractivity contribution in [3.63, 3.8) is 0 Å². The summed E-state index contributed by atoms with van der Waals surface area (Å²) in [6, 6.07) is 7.12. The molecule has 0 fully saturated rings. The van der Waals surface area contributed by atoms with E-state index in [1.54, 1.807) is 12.1 Å². The molecule has 0 saturated heterocycles. The molecule has 1 amide bonds. The van der Waals surface area contributed by atoms with Crippen molar-refractivity contribution in [1.29, 1.82) is 0 Å². The lowest BCUT2D eigenvalue weighted by molar-refractivity contribution is -0.137. The van der Waals surface area contributed by atoms with Gasteiger partial charge >= 0.3 is 6.18 Å². The molecule has 0 unspecified atom stereocenters. The number of nitrogens with zero attached hydrogens (tertiary/aromatic N) is 1. The molecular formula is C13H9F3N2O. The highest BCUT2D eigenvalue weighted by Gasteiger charge is 2.31. The molecular weight excluding hydrogens is 257 g/mol. The van der Waals surface area contributed by atoms with Gasteiger partial charge in [0.2, 0.25) is 5.91 Å². The zero-order valence-electron chi connectivity index (χ0n) is 9.61. The lowest BCUT2D eigenvalue weighted by Crippen LogP contribution is -2.12. The van der Waals surface area contributed by atoms with Gasteiger partial charge in [-0.2, -0.15) is 13.2 Å². The van der Waals surface area contributed by atoms with Gasteiger partial charge in [-0.25, -0.2) is 0 Å². The number of nitrogens with two attached hydrogens (primary N) is 1. The van der Waals surface area contributed by atoms with Crippen LogP contribution < -0.4 is 5.73 Å². The second kappa shape index (κ2) is 4.72. The number of halogens is 3. The summed E-state index contributed by atoms with van der Waals surface area (Å²) in [6.45, 7) is 0. The average molecular weight is 266 g/mol. The van der Waals surface area contributed by atoms with E-state index >= 15 is 0 Å². The Bertz CT molecular complexity index is 623. The molecule has 0 aliphatic heterocycles. The molecule has 2 N–H and O–H groups in total. The molecule has 0 aliphatic rings. The molecule has 2 aromatic rings. The molecule has 0 aliphatic carbocycles. The first-order valence-electron chi connectivity index (χ1n) is 5.31. The van der Waals surface area contributed by atoms with Crippen molar-refractivity contribution in [3.05, 3.63) is 53.9 Å². The van der Waals surface area contributed by atoms with Crippen LogP contribution in [0.3, 0.4) is 0 Å². The number of carbonyl (C=O) groups is 1. The molecule has 1 aromatic heterocycles. The van der Waals surface area contributed by atoms with Crippen molar-refractivity contribution in [2.24, 2.45) is 5.73 Å². The maximum Gasteiger partial charge on any atom is 0.417 e. The van der Waals surface area contributed by atoms with Gasteiger partial charge < -0.3 is 5.73 Å². The number of rotatable bonds is 2. The topological polar surface area (TPSA) is 56.0 Å². The van der Waals surface area contributed by atoms with Crippen LogP contribution >= 0.6 is 0 Å². The van der Waals surface area contributed by atoms with Crippen LogP contribution in [0.2, 0.25) is 0 Å². The first-order valence-corrected chi connectivity index (χ1v) is 5.31. The number of primary amides is 1. The molecule has 0 atom stereocenters. The van der Waals surface area contributed by atoms with Crippen molar-refractivity contribution >= 4 is 5.91 Å². The Morgan fingerprint density at radius 3 is 2.47 bits per heavy atom. The summed E-state index contributed by atoms with van der Waals surface area (Å²) in [5, 5.41) is 0. The number of hydrogen-bond donors (Lipinski definition) is 1. The molecule has 0 saturated carbocycles. The molecule has 0 radical (unpaired) electrons. The maximum absolute atomic E-state index is 12.6. The summed E-state index contributed by atoms with van der Waals surface area (Å²) in [5.74, 6) is -0.701. The lowest BCUT2D eigenvalue weighted by Gasteiger charge is -2.10. The summed E-state index contributed by atoms with van der Waals surface area (Å²) in [4.78, 5) is 14.8. The van der Waals surface area contributed by atoms with Crippen LogP contribution in [-0.4, -0.2) is 10.9 Å². The number of benzene rings is 1. The fraction of sp³-hybridized carbons (Fsp3) is 0.0769. The average Bonchev–Trinajstić information content (AvgIpc) is 2.38. The van der Waals surface area contributed by atoms with Gasteiger partial charge in [0.25, 0.3) is 0 Å². The fourth-order valence-corrected chi connectivity index (χ4v) is 1.69. The van der Waals surface area contributed by atoms with E-state index in [9.17, 15) is 18.0 Å². The van der Waals surface area contributed by atoms with Crippen LogP contribution in [0.25, 0.3) is 11.1 Å². The predicted octanol–water partition coefficient (Wildman–Crippen LogP) is 2.87. The number of amides is 1. The highest BCUT2D eigenvalue weighted by molar-refractivity contribution is 5.99. The number of alkyl halides is 3. The van der Waals surface area contributed by atoms with Gasteiger partial charge in [0.05, 0.1) is 5.56 Å². The molecule has 0 bridgehead atoms. The normalized spacial score (nSPS) is 11.3. The van der Waals surface area contributed by atoms with E-state index in [0.29, 0.717) is 5.56 Å². The third-order valence-electron chi connectivity index (χ3n) is 2.57. The van der Waals surface area contributed by atoms with Crippen LogP contribution in [-0.2, 0) is 6.18 Å². The van der Waals surface area contributed by atoms with Crippen molar-refractivity contribution in [3.8, 4) is 11.1 Å². The van der Waals surface area contributed by atoms with Gasteiger partial charge in [0, 0.05) is 23.5 Å². The fourth-order valence-electron chi connectivity index (χ4n) is 1.69. The molecule has 98 valence electrons. The highest BCUT2D eigenvalue weighted by Crippen LogP contribution is 2.32. The Morgan fingerprint density at radius 1 is 1.16 bits per heavy atom. The Balaban J connectivity index is 2.57. The van der Waals surface area contributed by atoms with E-state index in [2.05, 4.69) is 4.98 Å². The van der Waals surface area contributed by atoms with E-state index < -0.39 is 17.6 Å². The van der Waals surface area contributed by atoms with E-state index in [1.807, 2.05) is 0 Å². The largest absolute Gasteiger partial charge is 0.417 e. The number of pyridine rings is 1. The van der Waals surface area contributed by atoms with Crippen molar-refractivity contribution in [2.45, 2.75) is 6.18 Å². The quantitative estimate of drug-likeness (QED) is 0.908. The van der Waals surface area contributed by atoms with Gasteiger partial charge in [-0.1, -0.05) is 18.2 Å². The molecule has 1 heterocycles. The Labute approximate surface area is 106 Å². The van der Waals surface area contributed by atoms with E-state index in [4.69, 9.17) is 5.73 Å². The molecule has 19 heavy (non-hydrogen) atoms. The lowest BCUT2D eigenvalue weighted by atomic mass is 9.99. The first kappa shape index (κ1) is 13.1. The van der Waals surface area contributed by atoms with Crippen LogP contribution in [0, 0.1) is 0 Å². The smallest absolute Gasteiger partial charge is 0.366 e. The molecule has 1 aromatic carbocycles. The second-order valence-electron chi connectivity index (χ2n) is 3.87. The van der Waals surface area contributed by atoms with E-state index in [-0.39, 0.29) is 11.1 Å². The van der Waals surface area contributed by atoms with Crippen molar-refractivity contribution < 1.29 is 18.0 Å². The SMILES string of the molecule is NC(=O)c1ccccc1-c1cncc(C(F)(F)F)c1. The van der Waals surface area contributed by atoms with Crippen LogP contribution in [0.15, 0.2) is 42.7 Å². The van der Waals surface area contributed by atoms with Gasteiger partial charge in [-0.05, 0) is 17.7 Å². The monoisotopic (exact) mass is 266 g/mol. The third kappa shape index (κ3) is 2.73. The molecule has 0 spiro atoms. The summed E-state index contributed by atoms with van der Waals surface area (Å²) < 4.78 is 37.8. The molecule has 3 nitrogen and oxygen atoms in total. The van der Waals surface area contributed by atoms with E-state index in [1.165, 1.54) is 18.3 Å².